The number of aromatic amines is 1. The van der Waals surface area contributed by atoms with E-state index in [-0.39, 0.29) is 11.8 Å². The summed E-state index contributed by atoms with van der Waals surface area (Å²) < 4.78 is 5.54. The zero-order valence-corrected chi connectivity index (χ0v) is 22.6. The number of hydrogen-bond acceptors (Lipinski definition) is 4. The third-order valence-corrected chi connectivity index (χ3v) is 8.74. The van der Waals surface area contributed by atoms with Crippen molar-refractivity contribution >= 4 is 35.0 Å². The topological polar surface area (TPSA) is 70.2 Å². The van der Waals surface area contributed by atoms with Crippen LogP contribution in [0.4, 0.5) is 0 Å². The van der Waals surface area contributed by atoms with Crippen LogP contribution >= 0.6 is 0 Å². The van der Waals surface area contributed by atoms with E-state index < -0.39 is 0 Å². The molecule has 1 unspecified atom stereocenters. The number of hydrogen-bond donors (Lipinski definition) is 2. The van der Waals surface area contributed by atoms with Gasteiger partial charge in [0.2, 0.25) is 5.91 Å². The summed E-state index contributed by atoms with van der Waals surface area (Å²) in [4.78, 5) is 15.1. The molecule has 3 aromatic carbocycles. The fraction of sp³-hybridized carbons (Fsp3) is 0.294. The molecule has 3 fully saturated rings. The SMILES string of the molecule is O=C1NCC(c2ccccc2)/C1=C\c1ccc2c(/C=C/c3ccc(CN4CC5(CCOCC5)C4)cc3)n[nH]c2c1. The average Bonchev–Trinajstić information content (AvgIpc) is 3.55. The number of carbonyl (C=O) groups is 1. The third kappa shape index (κ3) is 5.01. The van der Waals surface area contributed by atoms with E-state index in [0.29, 0.717) is 12.0 Å². The van der Waals surface area contributed by atoms with E-state index in [1.54, 1.807) is 0 Å². The molecule has 0 saturated carbocycles. The van der Waals surface area contributed by atoms with Crippen LogP contribution in [-0.4, -0.2) is 53.9 Å². The number of amides is 1. The van der Waals surface area contributed by atoms with Crippen molar-refractivity contribution in [3.63, 3.8) is 0 Å². The Morgan fingerprint density at radius 1 is 0.950 bits per heavy atom. The van der Waals surface area contributed by atoms with Crippen molar-refractivity contribution in [2.75, 3.05) is 32.8 Å². The fourth-order valence-electron chi connectivity index (χ4n) is 6.47. The highest BCUT2D eigenvalue weighted by Gasteiger charge is 2.43. The lowest BCUT2D eigenvalue weighted by molar-refractivity contribution is -0.116. The molecule has 3 saturated heterocycles. The second-order valence-electron chi connectivity index (χ2n) is 11.5. The number of carbonyl (C=O) groups excluding carboxylic acids is 1. The number of nitrogens with zero attached hydrogens (tertiary/aromatic N) is 2. The maximum absolute atomic E-state index is 12.6. The third-order valence-electron chi connectivity index (χ3n) is 8.74. The molecule has 6 nitrogen and oxygen atoms in total. The van der Waals surface area contributed by atoms with E-state index >= 15 is 0 Å². The number of nitrogens with one attached hydrogen (secondary N) is 2. The van der Waals surface area contributed by atoms with Gasteiger partial charge in [0.25, 0.3) is 0 Å². The first-order valence-electron chi connectivity index (χ1n) is 14.2. The van der Waals surface area contributed by atoms with Gasteiger partial charge in [-0.3, -0.25) is 14.8 Å². The Morgan fingerprint density at radius 2 is 1.73 bits per heavy atom. The first kappa shape index (κ1) is 25.0. The van der Waals surface area contributed by atoms with Gasteiger partial charge >= 0.3 is 0 Å². The van der Waals surface area contributed by atoms with E-state index in [0.717, 1.165) is 58.6 Å². The Morgan fingerprint density at radius 3 is 2.52 bits per heavy atom. The predicted molar refractivity (Wildman–Crippen MR) is 159 cm³/mol. The Kier molecular flexibility index (Phi) is 6.58. The van der Waals surface area contributed by atoms with Gasteiger partial charge in [0.05, 0.1) is 11.2 Å². The quantitative estimate of drug-likeness (QED) is 0.317. The van der Waals surface area contributed by atoms with Gasteiger partial charge < -0.3 is 10.1 Å². The van der Waals surface area contributed by atoms with E-state index in [2.05, 4.69) is 87.2 Å². The fourth-order valence-corrected chi connectivity index (χ4v) is 6.47. The van der Waals surface area contributed by atoms with Gasteiger partial charge in [-0.15, -0.1) is 0 Å². The Balaban J connectivity index is 1.02. The molecule has 2 N–H and O–H groups in total. The van der Waals surface area contributed by atoms with Crippen LogP contribution in [0.1, 0.15) is 46.7 Å². The molecule has 40 heavy (non-hydrogen) atoms. The van der Waals surface area contributed by atoms with Crippen molar-refractivity contribution < 1.29 is 9.53 Å². The van der Waals surface area contributed by atoms with Gasteiger partial charge in [0.1, 0.15) is 0 Å². The van der Waals surface area contributed by atoms with Crippen molar-refractivity contribution in [3.8, 4) is 0 Å². The number of H-pyrrole nitrogens is 1. The van der Waals surface area contributed by atoms with Crippen LogP contribution in [0.25, 0.3) is 29.1 Å². The van der Waals surface area contributed by atoms with Crippen molar-refractivity contribution in [1.29, 1.82) is 0 Å². The van der Waals surface area contributed by atoms with Crippen LogP contribution in [-0.2, 0) is 16.1 Å². The molecule has 1 spiro atoms. The molecule has 1 atom stereocenters. The van der Waals surface area contributed by atoms with Crippen LogP contribution in [0.5, 0.6) is 0 Å². The zero-order valence-electron chi connectivity index (χ0n) is 22.6. The highest BCUT2D eigenvalue weighted by atomic mass is 16.5. The minimum Gasteiger partial charge on any atom is -0.381 e. The molecule has 6 heteroatoms. The minimum atomic E-state index is 0.00122. The summed E-state index contributed by atoms with van der Waals surface area (Å²) in [7, 11) is 0. The van der Waals surface area contributed by atoms with Crippen LogP contribution in [0.2, 0.25) is 0 Å². The lowest BCUT2D eigenvalue weighted by atomic mass is 9.73. The summed E-state index contributed by atoms with van der Waals surface area (Å²) >= 11 is 0. The molecule has 1 aromatic heterocycles. The monoisotopic (exact) mass is 530 g/mol. The van der Waals surface area contributed by atoms with Crippen molar-refractivity contribution in [2.45, 2.75) is 25.3 Å². The van der Waals surface area contributed by atoms with Crippen LogP contribution in [0.3, 0.4) is 0 Å². The second-order valence-corrected chi connectivity index (χ2v) is 11.5. The molecule has 3 aliphatic rings. The van der Waals surface area contributed by atoms with E-state index in [9.17, 15) is 4.79 Å². The maximum Gasteiger partial charge on any atom is 0.247 e. The van der Waals surface area contributed by atoms with Gasteiger partial charge in [-0.25, -0.2) is 0 Å². The minimum absolute atomic E-state index is 0.00122. The van der Waals surface area contributed by atoms with Gasteiger partial charge in [-0.05, 0) is 59.4 Å². The molecule has 7 rings (SSSR count). The summed E-state index contributed by atoms with van der Waals surface area (Å²) in [6.07, 6.45) is 8.59. The zero-order chi connectivity index (χ0) is 26.9. The van der Waals surface area contributed by atoms with Gasteiger partial charge in [-0.1, -0.05) is 66.7 Å². The average molecular weight is 531 g/mol. The first-order valence-corrected chi connectivity index (χ1v) is 14.2. The Hall–Kier alpha value is -4.00. The number of fused-ring (bicyclic) bond motifs is 1. The summed E-state index contributed by atoms with van der Waals surface area (Å²) in [5.74, 6) is 0.0619. The molecule has 3 aliphatic heterocycles. The molecule has 1 amide bonds. The standard InChI is InChI=1S/C34H34N4O2/c39-33-29(30(20-35-33)27-4-2-1-3-5-27)18-26-10-12-28-31(36-37-32(28)19-26)13-11-24-6-8-25(9-7-24)21-38-22-34(23-38)14-16-40-17-15-34/h1-13,18-19,30H,14-17,20-23H2,(H,35,39)(H,36,37)/b13-11+,29-18+. The van der Waals surface area contributed by atoms with Crippen molar-refractivity contribution in [2.24, 2.45) is 5.41 Å². The van der Waals surface area contributed by atoms with E-state index in [1.165, 1.54) is 31.5 Å². The lowest BCUT2D eigenvalue weighted by Crippen LogP contribution is -2.57. The molecular formula is C34H34N4O2. The van der Waals surface area contributed by atoms with Crippen LogP contribution < -0.4 is 5.32 Å². The van der Waals surface area contributed by atoms with Gasteiger partial charge in [0, 0.05) is 61.7 Å². The van der Waals surface area contributed by atoms with Crippen molar-refractivity contribution in [3.05, 3.63) is 106 Å². The van der Waals surface area contributed by atoms with Crippen LogP contribution in [0.15, 0.2) is 78.4 Å². The molecule has 0 aliphatic carbocycles. The van der Waals surface area contributed by atoms with Crippen LogP contribution in [0, 0.1) is 5.41 Å². The summed E-state index contributed by atoms with van der Waals surface area (Å²) in [6, 6.07) is 25.2. The number of likely N-dealkylation sites (tertiary alicyclic amines) is 1. The normalized spacial score (nSPS) is 21.9. The number of aromatic nitrogens is 2. The smallest absolute Gasteiger partial charge is 0.247 e. The molecule has 202 valence electrons. The van der Waals surface area contributed by atoms with Gasteiger partial charge in [0.15, 0.2) is 0 Å². The largest absolute Gasteiger partial charge is 0.381 e. The predicted octanol–water partition coefficient (Wildman–Crippen LogP) is 5.64. The summed E-state index contributed by atoms with van der Waals surface area (Å²) in [5, 5.41) is 11.8. The first-order chi connectivity index (χ1) is 19.6. The Labute approximate surface area is 234 Å². The van der Waals surface area contributed by atoms with Crippen molar-refractivity contribution in [1.82, 2.24) is 20.4 Å². The molecule has 0 bridgehead atoms. The van der Waals surface area contributed by atoms with Gasteiger partial charge in [-0.2, -0.15) is 5.10 Å². The van der Waals surface area contributed by atoms with E-state index in [1.807, 2.05) is 24.3 Å². The molecular weight excluding hydrogens is 496 g/mol. The molecule has 4 heterocycles. The summed E-state index contributed by atoms with van der Waals surface area (Å²) in [5.41, 5.74) is 7.82. The lowest BCUT2D eigenvalue weighted by Gasteiger charge is -2.52. The highest BCUT2D eigenvalue weighted by Crippen LogP contribution is 2.40. The molecule has 4 aromatic rings. The number of ether oxygens (including phenoxy) is 1. The van der Waals surface area contributed by atoms with E-state index in [4.69, 9.17) is 4.74 Å². The molecule has 0 radical (unpaired) electrons. The summed E-state index contributed by atoms with van der Waals surface area (Å²) in [6.45, 7) is 5.89. The number of rotatable bonds is 6. The number of benzene rings is 3. The maximum atomic E-state index is 12.6. The highest BCUT2D eigenvalue weighted by molar-refractivity contribution is 6.02. The Bertz CT molecular complexity index is 1570. The second kappa shape index (κ2) is 10.5.